The smallest absolute Gasteiger partial charge is 0.234 e. The third-order valence-corrected chi connectivity index (χ3v) is 4.44. The maximum absolute atomic E-state index is 12.5. The van der Waals surface area contributed by atoms with Gasteiger partial charge in [-0.15, -0.1) is 0 Å². The lowest BCUT2D eigenvalue weighted by atomic mass is 9.81. The second kappa shape index (κ2) is 5.01. The van der Waals surface area contributed by atoms with Gasteiger partial charge in [0.15, 0.2) is 0 Å². The Morgan fingerprint density at radius 1 is 0.950 bits per heavy atom. The number of ketones is 2. The van der Waals surface area contributed by atoms with Crippen molar-refractivity contribution in [2.24, 2.45) is 5.92 Å². The van der Waals surface area contributed by atoms with Crippen LogP contribution in [0.25, 0.3) is 6.08 Å². The zero-order valence-electron chi connectivity index (χ0n) is 12.2. The van der Waals surface area contributed by atoms with E-state index >= 15 is 0 Å². The van der Waals surface area contributed by atoms with Gasteiger partial charge in [0.25, 0.3) is 0 Å². The van der Waals surface area contributed by atoms with Crippen molar-refractivity contribution in [2.45, 2.75) is 46.0 Å². The number of allylic oxidation sites excluding steroid dienone is 1. The Morgan fingerprint density at radius 3 is 2.45 bits per heavy atom. The van der Waals surface area contributed by atoms with Crippen LogP contribution in [-0.4, -0.2) is 11.6 Å². The molecule has 2 aliphatic rings. The Kier molecular flexibility index (Phi) is 3.33. The lowest BCUT2D eigenvalue weighted by Crippen LogP contribution is -2.25. The molecule has 0 fully saturated rings. The Labute approximate surface area is 119 Å². The Balaban J connectivity index is 2.20. The van der Waals surface area contributed by atoms with Gasteiger partial charge in [0, 0.05) is 11.1 Å². The average molecular weight is 268 g/mol. The third kappa shape index (κ3) is 2.04. The van der Waals surface area contributed by atoms with E-state index in [1.165, 1.54) is 18.4 Å². The molecule has 1 aromatic carbocycles. The molecule has 20 heavy (non-hydrogen) atoms. The van der Waals surface area contributed by atoms with Crippen LogP contribution < -0.4 is 0 Å². The normalized spacial score (nSPS) is 18.4. The fourth-order valence-corrected chi connectivity index (χ4v) is 3.32. The van der Waals surface area contributed by atoms with E-state index in [0.29, 0.717) is 11.1 Å². The number of carbonyl (C=O) groups excluding carboxylic acids is 2. The maximum atomic E-state index is 12.5. The summed E-state index contributed by atoms with van der Waals surface area (Å²) in [6, 6.07) is 4.17. The molecule has 0 amide bonds. The van der Waals surface area contributed by atoms with Crippen LogP contribution in [0.5, 0.6) is 0 Å². The molecule has 0 spiro atoms. The van der Waals surface area contributed by atoms with Gasteiger partial charge in [0.2, 0.25) is 11.6 Å². The van der Waals surface area contributed by atoms with Crippen LogP contribution in [0, 0.1) is 5.92 Å². The summed E-state index contributed by atoms with van der Waals surface area (Å²) in [6.07, 6.45) is 7.40. The molecule has 2 nitrogen and oxygen atoms in total. The van der Waals surface area contributed by atoms with Gasteiger partial charge in [0.05, 0.1) is 0 Å². The van der Waals surface area contributed by atoms with E-state index in [0.717, 1.165) is 30.4 Å². The molecule has 0 bridgehead atoms. The Morgan fingerprint density at radius 2 is 1.70 bits per heavy atom. The van der Waals surface area contributed by atoms with Crippen molar-refractivity contribution in [3.8, 4) is 0 Å². The van der Waals surface area contributed by atoms with Crippen molar-refractivity contribution >= 4 is 17.6 Å². The van der Waals surface area contributed by atoms with Gasteiger partial charge >= 0.3 is 0 Å². The molecule has 104 valence electrons. The highest BCUT2D eigenvalue weighted by Gasteiger charge is 2.31. The van der Waals surface area contributed by atoms with E-state index in [1.807, 2.05) is 26.0 Å². The number of rotatable bonds is 1. The van der Waals surface area contributed by atoms with E-state index in [2.05, 4.69) is 6.07 Å². The van der Waals surface area contributed by atoms with E-state index in [-0.39, 0.29) is 17.5 Å². The molecule has 3 rings (SSSR count). The monoisotopic (exact) mass is 268 g/mol. The quantitative estimate of drug-likeness (QED) is 0.574. The maximum Gasteiger partial charge on any atom is 0.234 e. The lowest BCUT2D eigenvalue weighted by Gasteiger charge is -2.21. The number of benzene rings is 1. The molecule has 0 radical (unpaired) electrons. The van der Waals surface area contributed by atoms with Gasteiger partial charge in [0.1, 0.15) is 0 Å². The molecular weight excluding hydrogens is 248 g/mol. The predicted octanol–water partition coefficient (Wildman–Crippen LogP) is 3.76. The first kappa shape index (κ1) is 13.3. The van der Waals surface area contributed by atoms with E-state index in [9.17, 15) is 9.59 Å². The second-order valence-electron chi connectivity index (χ2n) is 6.14. The molecule has 2 aliphatic carbocycles. The van der Waals surface area contributed by atoms with Crippen molar-refractivity contribution in [3.05, 3.63) is 40.0 Å². The summed E-state index contributed by atoms with van der Waals surface area (Å²) in [4.78, 5) is 24.8. The topological polar surface area (TPSA) is 34.1 Å². The number of Topliss-reactive ketones (excluding diaryl/α,β-unsaturated/α-hetero) is 2. The standard InChI is InChI=1S/C18H20O2/c1-11(2)15-10-13-9-8-12-6-4-3-5-7-14(12)16(13)18(20)17(15)19/h8-11H,3-7H2,1-2H3. The summed E-state index contributed by atoms with van der Waals surface area (Å²) in [6.45, 7) is 3.93. The van der Waals surface area contributed by atoms with Crippen LogP contribution in [0.4, 0.5) is 0 Å². The minimum Gasteiger partial charge on any atom is -0.285 e. The van der Waals surface area contributed by atoms with Gasteiger partial charge < -0.3 is 0 Å². The number of carbonyl (C=O) groups is 2. The van der Waals surface area contributed by atoms with Gasteiger partial charge in [-0.25, -0.2) is 0 Å². The molecule has 0 aromatic heterocycles. The molecule has 0 aliphatic heterocycles. The van der Waals surface area contributed by atoms with Crippen LogP contribution in [0.15, 0.2) is 17.7 Å². The summed E-state index contributed by atoms with van der Waals surface area (Å²) in [5, 5.41) is 0. The Bertz CT molecular complexity index is 621. The minimum atomic E-state index is -0.301. The first-order valence-electron chi connectivity index (χ1n) is 7.55. The molecular formula is C18H20O2. The van der Waals surface area contributed by atoms with E-state index < -0.39 is 0 Å². The third-order valence-electron chi connectivity index (χ3n) is 4.44. The van der Waals surface area contributed by atoms with E-state index in [1.54, 1.807) is 0 Å². The molecule has 0 unspecified atom stereocenters. The van der Waals surface area contributed by atoms with Crippen molar-refractivity contribution in [3.63, 3.8) is 0 Å². The van der Waals surface area contributed by atoms with Crippen molar-refractivity contribution in [2.75, 3.05) is 0 Å². The lowest BCUT2D eigenvalue weighted by molar-refractivity contribution is -0.112. The van der Waals surface area contributed by atoms with Crippen LogP contribution >= 0.6 is 0 Å². The highest BCUT2D eigenvalue weighted by molar-refractivity contribution is 6.52. The van der Waals surface area contributed by atoms with Crippen LogP contribution in [0.1, 0.15) is 60.2 Å². The molecule has 2 heteroatoms. The van der Waals surface area contributed by atoms with Crippen LogP contribution in [-0.2, 0) is 17.6 Å². The summed E-state index contributed by atoms with van der Waals surface area (Å²) in [5.74, 6) is -0.492. The number of hydrogen-bond donors (Lipinski definition) is 0. The molecule has 0 heterocycles. The summed E-state index contributed by atoms with van der Waals surface area (Å²) >= 11 is 0. The molecule has 0 N–H and O–H groups in total. The van der Waals surface area contributed by atoms with Gasteiger partial charge in [-0.1, -0.05) is 32.4 Å². The van der Waals surface area contributed by atoms with Crippen LogP contribution in [0.3, 0.4) is 0 Å². The fourth-order valence-electron chi connectivity index (χ4n) is 3.32. The van der Waals surface area contributed by atoms with E-state index in [4.69, 9.17) is 0 Å². The molecule has 0 saturated heterocycles. The SMILES string of the molecule is CC(C)C1=Cc2ccc3c(c2C(=O)C1=O)CCCCC3. The predicted molar refractivity (Wildman–Crippen MR) is 79.9 cm³/mol. The van der Waals surface area contributed by atoms with Gasteiger partial charge in [-0.05, 0) is 54.4 Å². The number of aryl methyl sites for hydroxylation is 1. The number of fused-ring (bicyclic) bond motifs is 3. The fraction of sp³-hybridized carbons (Fsp3) is 0.444. The minimum absolute atomic E-state index is 0.0958. The molecule has 0 saturated carbocycles. The van der Waals surface area contributed by atoms with Crippen molar-refractivity contribution in [1.29, 1.82) is 0 Å². The summed E-state index contributed by atoms with van der Waals surface area (Å²) < 4.78 is 0. The summed E-state index contributed by atoms with van der Waals surface area (Å²) in [5.41, 5.74) is 4.69. The first-order chi connectivity index (χ1) is 9.59. The molecule has 1 aromatic rings. The van der Waals surface area contributed by atoms with Crippen molar-refractivity contribution in [1.82, 2.24) is 0 Å². The highest BCUT2D eigenvalue weighted by Crippen LogP contribution is 2.32. The summed E-state index contributed by atoms with van der Waals surface area (Å²) in [7, 11) is 0. The van der Waals surface area contributed by atoms with Crippen molar-refractivity contribution < 1.29 is 9.59 Å². The van der Waals surface area contributed by atoms with Gasteiger partial charge in [-0.3, -0.25) is 9.59 Å². The first-order valence-corrected chi connectivity index (χ1v) is 7.55. The zero-order valence-corrected chi connectivity index (χ0v) is 12.2. The highest BCUT2D eigenvalue weighted by atomic mass is 16.2. The number of hydrogen-bond acceptors (Lipinski definition) is 2. The largest absolute Gasteiger partial charge is 0.285 e. The second-order valence-corrected chi connectivity index (χ2v) is 6.14. The zero-order chi connectivity index (χ0) is 14.3. The Hall–Kier alpha value is -1.70. The van der Waals surface area contributed by atoms with Gasteiger partial charge in [-0.2, -0.15) is 0 Å². The average Bonchev–Trinajstić information content (AvgIpc) is 2.66. The van der Waals surface area contributed by atoms with Crippen LogP contribution in [0.2, 0.25) is 0 Å². The molecule has 0 atom stereocenters.